The van der Waals surface area contributed by atoms with E-state index in [1.54, 1.807) is 25.1 Å². The third-order valence-electron chi connectivity index (χ3n) is 15.5. The molecule has 0 aromatic heterocycles. The highest BCUT2D eigenvalue weighted by molar-refractivity contribution is 6.31. The summed E-state index contributed by atoms with van der Waals surface area (Å²) in [5.41, 5.74) is 5.69. The van der Waals surface area contributed by atoms with Gasteiger partial charge >= 0.3 is 12.1 Å². The zero-order valence-corrected chi connectivity index (χ0v) is 43.1. The predicted octanol–water partition coefficient (Wildman–Crippen LogP) is 11.1. The Balaban J connectivity index is 1.08. The first-order valence-electron chi connectivity index (χ1n) is 25.9. The molecule has 12 heteroatoms. The number of nitrogens with zero attached hydrogens (tertiary/aromatic N) is 3. The van der Waals surface area contributed by atoms with Crippen LogP contribution in [-0.4, -0.2) is 96.4 Å². The van der Waals surface area contributed by atoms with E-state index in [-0.39, 0.29) is 30.3 Å². The number of nitrogens with one attached hydrogen (secondary N) is 1. The molecule has 1 saturated carbocycles. The molecule has 1 saturated heterocycles. The zero-order chi connectivity index (χ0) is 50.9. The van der Waals surface area contributed by atoms with Crippen LogP contribution in [0.5, 0.6) is 0 Å². The predicted molar refractivity (Wildman–Crippen MR) is 281 cm³/mol. The molecule has 378 valence electrons. The van der Waals surface area contributed by atoms with E-state index in [9.17, 15) is 9.59 Å². The number of rotatable bonds is 17. The second-order valence-electron chi connectivity index (χ2n) is 20.0. The number of hydrogen-bond donors (Lipinski definition) is 1. The van der Waals surface area contributed by atoms with Crippen molar-refractivity contribution in [2.24, 2.45) is 11.8 Å². The highest BCUT2D eigenvalue weighted by Crippen LogP contribution is 2.46. The third-order valence-corrected chi connectivity index (χ3v) is 15.8. The number of fused-ring (bicyclic) bond motifs is 3. The Morgan fingerprint density at radius 1 is 0.708 bits per heavy atom. The third kappa shape index (κ3) is 11.0. The molecule has 1 heterocycles. The maximum atomic E-state index is 15.5. The van der Waals surface area contributed by atoms with Gasteiger partial charge in [-0.05, 0) is 79.2 Å². The van der Waals surface area contributed by atoms with Crippen LogP contribution in [0.2, 0.25) is 5.02 Å². The van der Waals surface area contributed by atoms with Crippen molar-refractivity contribution in [1.29, 1.82) is 0 Å². The fourth-order valence-corrected chi connectivity index (χ4v) is 11.5. The minimum absolute atomic E-state index is 0.0792. The summed E-state index contributed by atoms with van der Waals surface area (Å²) < 4.78 is 12.8. The Labute approximate surface area is 430 Å². The fourth-order valence-electron chi connectivity index (χ4n) is 11.2. The van der Waals surface area contributed by atoms with E-state index in [4.69, 9.17) is 21.1 Å². The topological polar surface area (TPSA) is 126 Å². The summed E-state index contributed by atoms with van der Waals surface area (Å²) in [4.78, 5) is 79.0. The molecule has 2 fully saturated rings. The van der Waals surface area contributed by atoms with Crippen molar-refractivity contribution in [2.75, 3.05) is 33.8 Å². The molecule has 11 nitrogen and oxygen atoms in total. The van der Waals surface area contributed by atoms with Crippen LogP contribution in [0, 0.1) is 18.8 Å². The van der Waals surface area contributed by atoms with Crippen molar-refractivity contribution in [1.82, 2.24) is 20.0 Å². The molecule has 0 radical (unpaired) electrons. The number of esters is 1. The summed E-state index contributed by atoms with van der Waals surface area (Å²) in [6.45, 7) is 6.90. The molecular weight excluding hydrogens is 924 g/mol. The van der Waals surface area contributed by atoms with Crippen molar-refractivity contribution < 1.29 is 33.4 Å². The van der Waals surface area contributed by atoms with Gasteiger partial charge in [-0.3, -0.25) is 19.2 Å². The maximum Gasteiger partial charge on any atom is 0.407 e. The number of carbonyl (C=O) groups excluding carboxylic acids is 5. The van der Waals surface area contributed by atoms with Crippen LogP contribution in [0.25, 0.3) is 11.1 Å². The first kappa shape index (κ1) is 51.9. The first-order chi connectivity index (χ1) is 34.8. The number of likely N-dealkylation sites (tertiary alicyclic amines) is 1. The largest absolute Gasteiger partial charge is 0.449 e. The second kappa shape index (κ2) is 23.4. The number of hydrogen-bond acceptors (Lipinski definition) is 7. The highest BCUT2D eigenvalue weighted by atomic mass is 35.5. The number of amides is 4. The van der Waals surface area contributed by atoms with Crippen LogP contribution in [0.1, 0.15) is 117 Å². The minimum atomic E-state index is -1.53. The first-order valence-corrected chi connectivity index (χ1v) is 26.2. The Kier molecular flexibility index (Phi) is 16.9. The molecule has 3 aliphatic rings. The number of likely N-dealkylation sites (N-methyl/N-ethyl adjacent to an activating group) is 2. The molecule has 1 N–H and O–H groups in total. The highest BCUT2D eigenvalue weighted by Gasteiger charge is 2.46. The molecule has 0 bridgehead atoms. The SMILES string of the molecule is CC[C@H](C)[C@H](NC(=O)OCC1c2ccccc2-c2ccccc21)C(=O)N(C)[C@H](C(=O)N(C)[C@@H](CC(=O)OC(c1ccccc1)(c1ccc(C)cc1)c1ccccc1Cl)C(=O)N1CCCCC1)C1CCCCC1. The smallest absolute Gasteiger partial charge is 0.407 e. The van der Waals surface area contributed by atoms with Gasteiger partial charge in [-0.15, -0.1) is 0 Å². The molecule has 2 aliphatic carbocycles. The normalized spacial score (nSPS) is 17.2. The summed E-state index contributed by atoms with van der Waals surface area (Å²) in [5.74, 6) is -2.68. The van der Waals surface area contributed by atoms with E-state index >= 15 is 14.4 Å². The molecule has 5 atom stereocenters. The molecule has 5 aromatic rings. The average Bonchev–Trinajstić information content (AvgIpc) is 3.74. The van der Waals surface area contributed by atoms with Crippen LogP contribution in [0.15, 0.2) is 127 Å². The molecule has 8 rings (SSSR count). The van der Waals surface area contributed by atoms with Crippen molar-refractivity contribution in [3.8, 4) is 11.1 Å². The van der Waals surface area contributed by atoms with Gasteiger partial charge in [0, 0.05) is 54.8 Å². The number of aryl methyl sites for hydroxylation is 1. The van der Waals surface area contributed by atoms with Gasteiger partial charge in [0.1, 0.15) is 24.7 Å². The molecule has 1 aliphatic heterocycles. The number of benzene rings is 5. The van der Waals surface area contributed by atoms with Gasteiger partial charge < -0.3 is 29.5 Å². The van der Waals surface area contributed by atoms with Crippen LogP contribution >= 0.6 is 11.6 Å². The monoisotopic (exact) mass is 992 g/mol. The van der Waals surface area contributed by atoms with E-state index in [0.717, 1.165) is 66.3 Å². The summed E-state index contributed by atoms with van der Waals surface area (Å²) in [6, 6.07) is 37.4. The van der Waals surface area contributed by atoms with Gasteiger partial charge in [0.2, 0.25) is 17.7 Å². The van der Waals surface area contributed by atoms with Gasteiger partial charge in [-0.1, -0.05) is 178 Å². The maximum absolute atomic E-state index is 15.5. The van der Waals surface area contributed by atoms with Crippen molar-refractivity contribution in [3.05, 3.63) is 166 Å². The number of ether oxygens (including phenoxy) is 2. The van der Waals surface area contributed by atoms with E-state index in [1.165, 1.54) is 9.80 Å². The molecule has 72 heavy (non-hydrogen) atoms. The molecule has 5 aromatic carbocycles. The molecule has 4 amide bonds. The van der Waals surface area contributed by atoms with E-state index in [0.29, 0.717) is 54.1 Å². The van der Waals surface area contributed by atoms with Crippen LogP contribution in [0.3, 0.4) is 0 Å². The minimum Gasteiger partial charge on any atom is -0.449 e. The number of alkyl carbamates (subject to hydrolysis) is 1. The lowest BCUT2D eigenvalue weighted by Gasteiger charge is -2.42. The Morgan fingerprint density at radius 2 is 1.28 bits per heavy atom. The summed E-state index contributed by atoms with van der Waals surface area (Å²) in [5, 5.41) is 3.30. The quantitative estimate of drug-likeness (QED) is 0.0726. The fraction of sp³-hybridized carbons (Fsp3) is 0.417. The van der Waals surface area contributed by atoms with Gasteiger partial charge in [0.05, 0.1) is 6.42 Å². The standard InChI is InChI=1S/C60H69ClN4O7/c1-6-41(3)54(62-59(70)71-39-49-47-28-16-14-26-45(47)46-27-15-17-29-48(46)49)57(68)64(5)55(42-22-10-7-11-23-42)58(69)63(4)52(56(67)65-36-20-9-21-37-65)38-53(66)72-60(43-24-12-8-13-25-43,44-34-32-40(2)33-35-44)50-30-18-19-31-51(50)61/h8,12-19,24-35,41-42,49,52,54-55H,6-7,9-11,20-23,36-39H2,1-5H3,(H,62,70)/t41-,52-,54-,55-,60?/m0/s1. The second-order valence-corrected chi connectivity index (χ2v) is 20.5. The molecule has 0 spiro atoms. The molecule has 1 unspecified atom stereocenters. The number of carbonyl (C=O) groups is 5. The van der Waals surface area contributed by atoms with E-state index in [2.05, 4.69) is 29.6 Å². The van der Waals surface area contributed by atoms with E-state index < -0.39 is 54.0 Å². The van der Waals surface area contributed by atoms with Crippen LogP contribution < -0.4 is 5.32 Å². The van der Waals surface area contributed by atoms with Crippen molar-refractivity contribution in [2.45, 2.75) is 115 Å². The summed E-state index contributed by atoms with van der Waals surface area (Å²) in [6.07, 6.45) is 6.07. The van der Waals surface area contributed by atoms with Crippen molar-refractivity contribution in [3.63, 3.8) is 0 Å². The Bertz CT molecular complexity index is 2660. The van der Waals surface area contributed by atoms with Gasteiger partial charge in [0.25, 0.3) is 0 Å². The van der Waals surface area contributed by atoms with Crippen molar-refractivity contribution >= 4 is 41.4 Å². The lowest BCUT2D eigenvalue weighted by Crippen LogP contribution is -2.61. The zero-order valence-electron chi connectivity index (χ0n) is 42.4. The lowest BCUT2D eigenvalue weighted by atomic mass is 9.79. The van der Waals surface area contributed by atoms with E-state index in [1.807, 2.05) is 118 Å². The van der Waals surface area contributed by atoms with Gasteiger partial charge in [-0.2, -0.15) is 0 Å². The molecular formula is C60H69ClN4O7. The summed E-state index contributed by atoms with van der Waals surface area (Å²) >= 11 is 7.02. The average molecular weight is 994 g/mol. The van der Waals surface area contributed by atoms with Crippen LogP contribution in [0.4, 0.5) is 4.79 Å². The van der Waals surface area contributed by atoms with Crippen LogP contribution in [-0.2, 0) is 34.3 Å². The number of halogens is 1. The van der Waals surface area contributed by atoms with Gasteiger partial charge in [-0.25, -0.2) is 4.79 Å². The van der Waals surface area contributed by atoms with Gasteiger partial charge in [0.15, 0.2) is 5.60 Å². The Morgan fingerprint density at radius 3 is 1.90 bits per heavy atom. The lowest BCUT2D eigenvalue weighted by molar-refractivity contribution is -0.161. The number of piperidine rings is 1. The Hall–Kier alpha value is -6.46. The summed E-state index contributed by atoms with van der Waals surface area (Å²) in [7, 11) is 3.19.